The molecule has 0 aliphatic rings. The molecule has 0 atom stereocenters. The van der Waals surface area contributed by atoms with Crippen molar-refractivity contribution in [1.29, 1.82) is 0 Å². The molecular formula is C11H13F3N2O3S. The van der Waals surface area contributed by atoms with Gasteiger partial charge in [0.1, 0.15) is 12.3 Å². The Bertz CT molecular complexity index is 555. The fraction of sp³-hybridized carbons (Fsp3) is 0.273. The van der Waals surface area contributed by atoms with E-state index in [9.17, 15) is 21.6 Å². The van der Waals surface area contributed by atoms with Crippen LogP contribution in [0.25, 0.3) is 0 Å². The molecule has 0 saturated carbocycles. The minimum Gasteiger partial charge on any atom is -0.497 e. The van der Waals surface area contributed by atoms with E-state index in [1.54, 1.807) is 4.83 Å². The molecule has 1 aromatic rings. The van der Waals surface area contributed by atoms with E-state index in [-0.39, 0.29) is 5.69 Å². The van der Waals surface area contributed by atoms with Gasteiger partial charge in [-0.05, 0) is 24.3 Å². The number of rotatable bonds is 6. The summed E-state index contributed by atoms with van der Waals surface area (Å²) in [6.07, 6.45) is -4.58. The van der Waals surface area contributed by atoms with Crippen molar-refractivity contribution >= 4 is 15.7 Å². The lowest BCUT2D eigenvalue weighted by Crippen LogP contribution is -2.46. The summed E-state index contributed by atoms with van der Waals surface area (Å²) in [4.78, 5) is 1.78. The summed E-state index contributed by atoms with van der Waals surface area (Å²) in [7, 11) is -2.64. The van der Waals surface area contributed by atoms with Crippen molar-refractivity contribution in [1.82, 2.24) is 4.83 Å². The van der Waals surface area contributed by atoms with Crippen LogP contribution in [0.15, 0.2) is 36.3 Å². The lowest BCUT2D eigenvalue weighted by atomic mass is 10.3. The molecule has 0 aliphatic heterocycles. The Labute approximate surface area is 114 Å². The first kappa shape index (κ1) is 16.3. The molecule has 20 heavy (non-hydrogen) atoms. The number of sulfonamides is 1. The van der Waals surface area contributed by atoms with E-state index < -0.39 is 22.7 Å². The fourth-order valence-corrected chi connectivity index (χ4v) is 1.86. The standard InChI is InChI=1S/C11H13F3N2O3S/c1-3-20(17,18)15-16(8-11(12,13)14)9-4-6-10(19-2)7-5-9/h3-7,15H,1,8H2,2H3. The quantitative estimate of drug-likeness (QED) is 0.817. The van der Waals surface area contributed by atoms with Crippen LogP contribution in [0.2, 0.25) is 0 Å². The fourth-order valence-electron chi connectivity index (χ4n) is 1.31. The van der Waals surface area contributed by atoms with Gasteiger partial charge in [-0.15, -0.1) is 4.83 Å². The second kappa shape index (κ2) is 6.14. The number of benzene rings is 1. The number of alkyl halides is 3. The number of nitrogens with one attached hydrogen (secondary N) is 1. The topological polar surface area (TPSA) is 58.6 Å². The van der Waals surface area contributed by atoms with Gasteiger partial charge in [0.25, 0.3) is 0 Å². The molecule has 0 unspecified atom stereocenters. The smallest absolute Gasteiger partial charge is 0.407 e. The summed E-state index contributed by atoms with van der Waals surface area (Å²) in [6.45, 7) is 1.54. The zero-order valence-electron chi connectivity index (χ0n) is 10.5. The largest absolute Gasteiger partial charge is 0.497 e. The van der Waals surface area contributed by atoms with E-state index >= 15 is 0 Å². The predicted octanol–water partition coefficient (Wildman–Crippen LogP) is 2.04. The van der Waals surface area contributed by atoms with Crippen molar-refractivity contribution in [2.24, 2.45) is 0 Å². The summed E-state index contributed by atoms with van der Waals surface area (Å²) in [5, 5.41) is 0.996. The van der Waals surface area contributed by atoms with Gasteiger partial charge in [0.15, 0.2) is 0 Å². The normalized spacial score (nSPS) is 12.0. The summed E-state index contributed by atoms with van der Waals surface area (Å²) < 4.78 is 65.0. The number of nitrogens with zero attached hydrogens (tertiary/aromatic N) is 1. The molecule has 0 saturated heterocycles. The van der Waals surface area contributed by atoms with E-state index in [1.807, 2.05) is 0 Å². The van der Waals surface area contributed by atoms with Gasteiger partial charge >= 0.3 is 6.18 Å². The third-order valence-electron chi connectivity index (χ3n) is 2.18. The number of anilines is 1. The Morgan fingerprint density at radius 2 is 1.90 bits per heavy atom. The van der Waals surface area contributed by atoms with Crippen molar-refractivity contribution in [3.8, 4) is 5.75 Å². The highest BCUT2D eigenvalue weighted by molar-refractivity contribution is 7.92. The summed E-state index contributed by atoms with van der Waals surface area (Å²) in [5.41, 5.74) is 0.0218. The molecule has 0 heterocycles. The molecule has 0 aliphatic carbocycles. The van der Waals surface area contributed by atoms with Gasteiger partial charge in [0, 0.05) is 5.41 Å². The van der Waals surface area contributed by atoms with Crippen molar-refractivity contribution in [2.45, 2.75) is 6.18 Å². The lowest BCUT2D eigenvalue weighted by molar-refractivity contribution is -0.120. The maximum absolute atomic E-state index is 12.5. The van der Waals surface area contributed by atoms with Crippen LogP contribution >= 0.6 is 0 Å². The maximum atomic E-state index is 12.5. The Hall–Kier alpha value is -1.74. The summed E-state index contributed by atoms with van der Waals surface area (Å²) >= 11 is 0. The van der Waals surface area contributed by atoms with Crippen LogP contribution in [-0.4, -0.2) is 28.2 Å². The van der Waals surface area contributed by atoms with Gasteiger partial charge in [-0.2, -0.15) is 13.2 Å². The Morgan fingerprint density at radius 1 is 1.35 bits per heavy atom. The number of hydrogen-bond acceptors (Lipinski definition) is 4. The van der Waals surface area contributed by atoms with Crippen LogP contribution in [0, 0.1) is 0 Å². The van der Waals surface area contributed by atoms with Crippen LogP contribution < -0.4 is 14.6 Å². The molecule has 1 N–H and O–H groups in total. The maximum Gasteiger partial charge on any atom is 0.407 e. The second-order valence-corrected chi connectivity index (χ2v) is 5.31. The van der Waals surface area contributed by atoms with Gasteiger partial charge in [0.05, 0.1) is 12.8 Å². The van der Waals surface area contributed by atoms with E-state index in [4.69, 9.17) is 4.74 Å². The van der Waals surface area contributed by atoms with Gasteiger partial charge in [-0.3, -0.25) is 5.01 Å². The van der Waals surface area contributed by atoms with Crippen LogP contribution in [0.3, 0.4) is 0 Å². The van der Waals surface area contributed by atoms with Gasteiger partial charge in [-0.25, -0.2) is 8.42 Å². The van der Waals surface area contributed by atoms with E-state index in [0.717, 1.165) is 0 Å². The van der Waals surface area contributed by atoms with Crippen molar-refractivity contribution in [3.05, 3.63) is 36.3 Å². The number of hydrogen-bond donors (Lipinski definition) is 1. The van der Waals surface area contributed by atoms with Crippen LogP contribution in [-0.2, 0) is 10.0 Å². The molecule has 1 aromatic carbocycles. The highest BCUT2D eigenvalue weighted by Crippen LogP contribution is 2.23. The summed E-state index contributed by atoms with van der Waals surface area (Å²) in [5.74, 6) is 0.437. The van der Waals surface area contributed by atoms with Gasteiger partial charge in [0.2, 0.25) is 10.0 Å². The third kappa shape index (κ3) is 5.10. The third-order valence-corrected chi connectivity index (χ3v) is 3.09. The molecular weight excluding hydrogens is 297 g/mol. The van der Waals surface area contributed by atoms with Crippen molar-refractivity contribution in [2.75, 3.05) is 18.7 Å². The molecule has 112 valence electrons. The molecule has 0 bridgehead atoms. The SMILES string of the molecule is C=CS(=O)(=O)NN(CC(F)(F)F)c1ccc(OC)cc1. The predicted molar refractivity (Wildman–Crippen MR) is 68.6 cm³/mol. The minimum absolute atomic E-state index is 0.0218. The molecule has 0 aromatic heterocycles. The van der Waals surface area contributed by atoms with E-state index in [1.165, 1.54) is 31.4 Å². The Kier molecular flexibility index (Phi) is 5.01. The first-order chi connectivity index (χ1) is 9.17. The molecule has 5 nitrogen and oxygen atoms in total. The molecule has 0 fully saturated rings. The monoisotopic (exact) mass is 310 g/mol. The molecule has 0 spiro atoms. The number of methoxy groups -OCH3 is 1. The van der Waals surface area contributed by atoms with Crippen LogP contribution in [0.4, 0.5) is 18.9 Å². The molecule has 0 radical (unpaired) electrons. The first-order valence-corrected chi connectivity index (χ1v) is 6.85. The highest BCUT2D eigenvalue weighted by Gasteiger charge is 2.32. The number of halogens is 3. The zero-order chi connectivity index (χ0) is 15.4. The number of ether oxygens (including phenoxy) is 1. The first-order valence-electron chi connectivity index (χ1n) is 5.30. The van der Waals surface area contributed by atoms with E-state index in [0.29, 0.717) is 16.2 Å². The molecule has 9 heteroatoms. The van der Waals surface area contributed by atoms with Gasteiger partial charge < -0.3 is 4.74 Å². The minimum atomic E-state index is -4.58. The number of hydrazine groups is 1. The van der Waals surface area contributed by atoms with Gasteiger partial charge in [-0.1, -0.05) is 6.58 Å². The summed E-state index contributed by atoms with van der Waals surface area (Å²) in [6, 6.07) is 5.44. The Morgan fingerprint density at radius 3 is 2.30 bits per heavy atom. The van der Waals surface area contributed by atoms with Crippen molar-refractivity contribution < 1.29 is 26.3 Å². The molecule has 1 rings (SSSR count). The van der Waals surface area contributed by atoms with Crippen molar-refractivity contribution in [3.63, 3.8) is 0 Å². The zero-order valence-corrected chi connectivity index (χ0v) is 11.3. The second-order valence-electron chi connectivity index (χ2n) is 3.70. The Balaban J connectivity index is 3.05. The average Bonchev–Trinajstić information content (AvgIpc) is 2.36. The molecule has 0 amide bonds. The highest BCUT2D eigenvalue weighted by atomic mass is 32.2. The van der Waals surface area contributed by atoms with Crippen LogP contribution in [0.5, 0.6) is 5.75 Å². The van der Waals surface area contributed by atoms with E-state index in [2.05, 4.69) is 6.58 Å². The average molecular weight is 310 g/mol. The van der Waals surface area contributed by atoms with Crippen LogP contribution in [0.1, 0.15) is 0 Å². The lowest BCUT2D eigenvalue weighted by Gasteiger charge is -2.25.